The van der Waals surface area contributed by atoms with E-state index in [4.69, 9.17) is 0 Å². The normalized spacial score (nSPS) is 12.4. The molecule has 7 nitrogen and oxygen atoms in total. The molecule has 0 unspecified atom stereocenters. The molecule has 106 valence electrons. The molecular formula is C12H14N4O3S. The second-order valence-corrected chi connectivity index (χ2v) is 5.36. The Morgan fingerprint density at radius 2 is 2.15 bits per heavy atom. The van der Waals surface area contributed by atoms with Crippen molar-refractivity contribution >= 4 is 17.4 Å². The van der Waals surface area contributed by atoms with Gasteiger partial charge in [-0.1, -0.05) is 6.07 Å². The third-order valence-electron chi connectivity index (χ3n) is 2.92. The minimum atomic E-state index is -0.746. The maximum atomic E-state index is 11.1. The predicted molar refractivity (Wildman–Crippen MR) is 73.6 cm³/mol. The SMILES string of the molecule is Cc1nnc(Sc2ccc([C@@H](C)O)cc2[N+](=O)[O-])n1C. The van der Waals surface area contributed by atoms with E-state index < -0.39 is 11.0 Å². The Morgan fingerprint density at radius 1 is 1.45 bits per heavy atom. The van der Waals surface area contributed by atoms with Crippen LogP contribution in [0.4, 0.5) is 5.69 Å². The zero-order valence-corrected chi connectivity index (χ0v) is 12.1. The summed E-state index contributed by atoms with van der Waals surface area (Å²) >= 11 is 1.18. The van der Waals surface area contributed by atoms with Crippen molar-refractivity contribution < 1.29 is 10.0 Å². The van der Waals surface area contributed by atoms with Gasteiger partial charge in [0, 0.05) is 13.1 Å². The molecule has 1 aromatic carbocycles. The minimum Gasteiger partial charge on any atom is -0.389 e. The highest BCUT2D eigenvalue weighted by Gasteiger charge is 2.19. The number of aliphatic hydroxyl groups excluding tert-OH is 1. The van der Waals surface area contributed by atoms with Crippen LogP contribution in [-0.4, -0.2) is 24.8 Å². The summed E-state index contributed by atoms with van der Waals surface area (Å²) in [4.78, 5) is 11.2. The summed E-state index contributed by atoms with van der Waals surface area (Å²) in [6, 6.07) is 4.67. The van der Waals surface area contributed by atoms with Crippen LogP contribution in [0, 0.1) is 17.0 Å². The molecule has 0 bridgehead atoms. The Kier molecular flexibility index (Phi) is 4.05. The van der Waals surface area contributed by atoms with E-state index in [0.717, 1.165) is 5.82 Å². The topological polar surface area (TPSA) is 94.1 Å². The maximum Gasteiger partial charge on any atom is 0.283 e. The molecule has 1 atom stereocenters. The second kappa shape index (κ2) is 5.59. The molecule has 2 aromatic rings. The molecule has 0 radical (unpaired) electrons. The number of nitro benzene ring substituents is 1. The molecular weight excluding hydrogens is 280 g/mol. The first-order chi connectivity index (χ1) is 9.40. The van der Waals surface area contributed by atoms with Crippen molar-refractivity contribution in [2.75, 3.05) is 0 Å². The standard InChI is InChI=1S/C12H14N4O3S/c1-7(17)9-4-5-11(10(6-9)16(18)19)20-12-14-13-8(2)15(12)3/h4-7,17H,1-3H3/t7-/m1/s1. The fraction of sp³-hybridized carbons (Fsp3) is 0.333. The third-order valence-corrected chi connectivity index (χ3v) is 4.02. The van der Waals surface area contributed by atoms with Gasteiger partial charge in [-0.05, 0) is 37.2 Å². The molecule has 0 saturated carbocycles. The number of aromatic nitrogens is 3. The lowest BCUT2D eigenvalue weighted by Crippen LogP contribution is -1.98. The van der Waals surface area contributed by atoms with Gasteiger partial charge in [-0.2, -0.15) is 0 Å². The van der Waals surface area contributed by atoms with Crippen molar-refractivity contribution in [3.05, 3.63) is 39.7 Å². The number of aryl methyl sites for hydroxylation is 1. The second-order valence-electron chi connectivity index (χ2n) is 4.35. The van der Waals surface area contributed by atoms with Gasteiger partial charge in [0.1, 0.15) is 5.82 Å². The van der Waals surface area contributed by atoms with E-state index >= 15 is 0 Å². The average molecular weight is 294 g/mol. The number of rotatable bonds is 4. The van der Waals surface area contributed by atoms with Crippen molar-refractivity contribution in [1.82, 2.24) is 14.8 Å². The zero-order chi connectivity index (χ0) is 14.9. The highest BCUT2D eigenvalue weighted by molar-refractivity contribution is 7.99. The van der Waals surface area contributed by atoms with Gasteiger partial charge in [-0.3, -0.25) is 10.1 Å². The van der Waals surface area contributed by atoms with Gasteiger partial charge in [0.15, 0.2) is 5.16 Å². The van der Waals surface area contributed by atoms with Crippen LogP contribution in [0.15, 0.2) is 28.3 Å². The van der Waals surface area contributed by atoms with Gasteiger partial charge in [0.2, 0.25) is 0 Å². The van der Waals surface area contributed by atoms with Gasteiger partial charge >= 0.3 is 0 Å². The summed E-state index contributed by atoms with van der Waals surface area (Å²) < 4.78 is 1.76. The molecule has 0 spiro atoms. The first kappa shape index (κ1) is 14.5. The minimum absolute atomic E-state index is 0.0472. The Bertz CT molecular complexity index is 654. The molecule has 2 rings (SSSR count). The molecule has 8 heteroatoms. The Labute approximate surface area is 119 Å². The summed E-state index contributed by atoms with van der Waals surface area (Å²) in [6.45, 7) is 3.37. The maximum absolute atomic E-state index is 11.1. The van der Waals surface area contributed by atoms with Crippen LogP contribution in [-0.2, 0) is 7.05 Å². The number of hydrogen-bond donors (Lipinski definition) is 1. The highest BCUT2D eigenvalue weighted by Crippen LogP contribution is 2.35. The van der Waals surface area contributed by atoms with Crippen molar-refractivity contribution in [1.29, 1.82) is 0 Å². The monoisotopic (exact) mass is 294 g/mol. The molecule has 0 saturated heterocycles. The summed E-state index contributed by atoms with van der Waals surface area (Å²) in [6.07, 6.45) is -0.746. The Hall–Kier alpha value is -1.93. The molecule has 1 aromatic heterocycles. The van der Waals surface area contributed by atoms with E-state index in [9.17, 15) is 15.2 Å². The van der Waals surface area contributed by atoms with E-state index in [1.165, 1.54) is 17.8 Å². The predicted octanol–water partition coefficient (Wildman–Crippen LogP) is 2.24. The smallest absolute Gasteiger partial charge is 0.283 e. The molecule has 0 aliphatic heterocycles. The van der Waals surface area contributed by atoms with Gasteiger partial charge in [0.05, 0.1) is 15.9 Å². The van der Waals surface area contributed by atoms with Crippen molar-refractivity contribution in [3.8, 4) is 0 Å². The number of benzene rings is 1. The molecule has 0 amide bonds. The number of nitrogens with zero attached hydrogens (tertiary/aromatic N) is 4. The third kappa shape index (κ3) is 2.81. The molecule has 20 heavy (non-hydrogen) atoms. The highest BCUT2D eigenvalue weighted by atomic mass is 32.2. The van der Waals surface area contributed by atoms with Crippen LogP contribution in [0.3, 0.4) is 0 Å². The number of nitro groups is 1. The largest absolute Gasteiger partial charge is 0.389 e. The molecule has 1 heterocycles. The fourth-order valence-corrected chi connectivity index (χ4v) is 2.52. The average Bonchev–Trinajstić information content (AvgIpc) is 2.70. The van der Waals surface area contributed by atoms with E-state index in [0.29, 0.717) is 15.6 Å². The zero-order valence-electron chi connectivity index (χ0n) is 11.3. The van der Waals surface area contributed by atoms with E-state index in [-0.39, 0.29) is 5.69 Å². The van der Waals surface area contributed by atoms with E-state index in [1.54, 1.807) is 30.7 Å². The summed E-state index contributed by atoms with van der Waals surface area (Å²) in [5.74, 6) is 0.732. The first-order valence-corrected chi connectivity index (χ1v) is 6.72. The van der Waals surface area contributed by atoms with Crippen LogP contribution >= 0.6 is 11.8 Å². The summed E-state index contributed by atoms with van der Waals surface area (Å²) in [7, 11) is 1.80. The molecule has 0 aliphatic carbocycles. The lowest BCUT2D eigenvalue weighted by atomic mass is 10.1. The van der Waals surface area contributed by atoms with Crippen LogP contribution in [0.2, 0.25) is 0 Å². The Balaban J connectivity index is 2.41. The van der Waals surface area contributed by atoms with Crippen molar-refractivity contribution in [2.45, 2.75) is 30.0 Å². The van der Waals surface area contributed by atoms with Gasteiger partial charge < -0.3 is 9.67 Å². The molecule has 1 N–H and O–H groups in total. The van der Waals surface area contributed by atoms with Crippen LogP contribution in [0.5, 0.6) is 0 Å². The Morgan fingerprint density at radius 3 is 2.65 bits per heavy atom. The van der Waals surface area contributed by atoms with Gasteiger partial charge in [0.25, 0.3) is 5.69 Å². The van der Waals surface area contributed by atoms with Crippen LogP contribution in [0.25, 0.3) is 0 Å². The fourth-order valence-electron chi connectivity index (χ4n) is 1.60. The lowest BCUT2D eigenvalue weighted by molar-refractivity contribution is -0.387. The summed E-state index contributed by atoms with van der Waals surface area (Å²) in [5, 5.41) is 29.1. The molecule has 0 fully saturated rings. The van der Waals surface area contributed by atoms with Crippen LogP contribution < -0.4 is 0 Å². The molecule has 0 aliphatic rings. The number of hydrogen-bond acceptors (Lipinski definition) is 6. The quantitative estimate of drug-likeness (QED) is 0.686. The first-order valence-electron chi connectivity index (χ1n) is 5.90. The van der Waals surface area contributed by atoms with E-state index in [2.05, 4.69) is 10.2 Å². The van der Waals surface area contributed by atoms with Crippen LogP contribution in [0.1, 0.15) is 24.4 Å². The van der Waals surface area contributed by atoms with Crippen molar-refractivity contribution in [3.63, 3.8) is 0 Å². The van der Waals surface area contributed by atoms with Crippen molar-refractivity contribution in [2.24, 2.45) is 7.05 Å². The van der Waals surface area contributed by atoms with Gasteiger partial charge in [-0.25, -0.2) is 0 Å². The number of aliphatic hydroxyl groups is 1. The van der Waals surface area contributed by atoms with Gasteiger partial charge in [-0.15, -0.1) is 10.2 Å². The summed E-state index contributed by atoms with van der Waals surface area (Å²) in [5.41, 5.74) is 0.462. The van der Waals surface area contributed by atoms with E-state index in [1.807, 2.05) is 6.92 Å². The lowest BCUT2D eigenvalue weighted by Gasteiger charge is -2.07.